The van der Waals surface area contributed by atoms with E-state index in [0.29, 0.717) is 34.9 Å². The fourth-order valence-corrected chi connectivity index (χ4v) is 16.2. The number of fused-ring (bicyclic) bond motifs is 14. The van der Waals surface area contributed by atoms with E-state index in [-0.39, 0.29) is 0 Å². The summed E-state index contributed by atoms with van der Waals surface area (Å²) in [5.41, 5.74) is 22.0. The minimum absolute atomic E-state index is 0.534. The average molecular weight is 1350 g/mol. The summed E-state index contributed by atoms with van der Waals surface area (Å²) >= 11 is 0. The normalized spacial score (nSPS) is 11.8. The maximum Gasteiger partial charge on any atom is 0.164 e. The molecule has 6 aromatic heterocycles. The van der Waals surface area contributed by atoms with Crippen molar-refractivity contribution in [2.45, 2.75) is 0 Å². The third-order valence-corrected chi connectivity index (χ3v) is 20.9. The molecule has 0 spiro atoms. The maximum atomic E-state index is 5.51. The van der Waals surface area contributed by atoms with Gasteiger partial charge in [-0.15, -0.1) is 0 Å². The summed E-state index contributed by atoms with van der Waals surface area (Å²) < 4.78 is 9.70. The zero-order valence-electron chi connectivity index (χ0n) is 57.1. The second kappa shape index (κ2) is 24.7. The van der Waals surface area contributed by atoms with Crippen LogP contribution < -0.4 is 0 Å². The van der Waals surface area contributed by atoms with E-state index in [0.717, 1.165) is 133 Å². The molecule has 0 saturated carbocycles. The van der Waals surface area contributed by atoms with E-state index in [1.807, 2.05) is 72.8 Å². The van der Waals surface area contributed by atoms with Crippen LogP contribution in [0.25, 0.3) is 201 Å². The highest BCUT2D eigenvalue weighted by Gasteiger charge is 2.27. The molecular formula is C96H60N10. The van der Waals surface area contributed by atoms with Gasteiger partial charge in [-0.3, -0.25) is 0 Å². The van der Waals surface area contributed by atoms with Gasteiger partial charge in [0, 0.05) is 99.2 Å². The standard InChI is InChI=1S/C96H60N10/c1-7-28-61(29-8-1)91-97-92(62-30-9-2-10-31-62)100-95(99-91)79-59-69(103-83-48-25-21-44-77(83)87-85(103)56-54-75-73-42-19-23-46-81(73)105(89(75)87)67-38-15-5-16-39-67)50-52-71(79)65-36-27-37-66(58-65)72-53-51-70(60-80(72)96-101-93(63-32-11-3-12-33-63)98-94(102-96)64-34-13-4-14-35-64)104-84-49-26-22-45-78(84)88-86(104)57-55-76-74-43-20-24-47-82(74)106(90(76)88)68-40-17-6-18-41-68/h1-60H. The third kappa shape index (κ3) is 9.80. The van der Waals surface area contributed by atoms with Crippen LogP contribution in [0.5, 0.6) is 0 Å². The molecule has 6 heterocycles. The molecule has 0 radical (unpaired) electrons. The van der Waals surface area contributed by atoms with Gasteiger partial charge in [-0.1, -0.05) is 273 Å². The Labute approximate surface area is 609 Å². The zero-order valence-corrected chi connectivity index (χ0v) is 57.1. The van der Waals surface area contributed by atoms with Crippen LogP contribution in [0.15, 0.2) is 364 Å². The molecule has 21 aromatic rings. The number of hydrogen-bond acceptors (Lipinski definition) is 6. The summed E-state index contributed by atoms with van der Waals surface area (Å²) in [5.74, 6) is 3.35. The molecule has 0 aliphatic carbocycles. The van der Waals surface area contributed by atoms with Crippen LogP contribution in [0.4, 0.5) is 0 Å². The molecule has 15 aromatic carbocycles. The Morgan fingerprint density at radius 2 is 0.453 bits per heavy atom. The van der Waals surface area contributed by atoms with Gasteiger partial charge in [0.15, 0.2) is 34.9 Å². The van der Waals surface area contributed by atoms with E-state index in [1.54, 1.807) is 0 Å². The lowest BCUT2D eigenvalue weighted by Crippen LogP contribution is -2.03. The van der Waals surface area contributed by atoms with Crippen molar-refractivity contribution in [1.82, 2.24) is 48.2 Å². The topological polar surface area (TPSA) is 97.1 Å². The molecule has 10 heteroatoms. The maximum absolute atomic E-state index is 5.51. The van der Waals surface area contributed by atoms with Gasteiger partial charge in [-0.2, -0.15) is 0 Å². The van der Waals surface area contributed by atoms with Crippen molar-refractivity contribution in [1.29, 1.82) is 0 Å². The molecule has 0 saturated heterocycles. The van der Waals surface area contributed by atoms with Crippen molar-refractivity contribution in [3.05, 3.63) is 364 Å². The molecule has 21 rings (SSSR count). The average Bonchev–Trinajstić information content (AvgIpc) is 1.55. The number of rotatable bonds is 12. The number of benzene rings is 15. The van der Waals surface area contributed by atoms with Gasteiger partial charge in [0.1, 0.15) is 0 Å². The highest BCUT2D eigenvalue weighted by Crippen LogP contribution is 2.47. The van der Waals surface area contributed by atoms with Crippen molar-refractivity contribution in [2.75, 3.05) is 0 Å². The Morgan fingerprint density at radius 1 is 0.160 bits per heavy atom. The summed E-state index contributed by atoms with van der Waals surface area (Å²) in [5, 5.41) is 9.41. The predicted octanol–water partition coefficient (Wildman–Crippen LogP) is 23.8. The van der Waals surface area contributed by atoms with E-state index in [9.17, 15) is 0 Å². The molecule has 106 heavy (non-hydrogen) atoms. The Morgan fingerprint density at radius 3 is 0.811 bits per heavy atom. The van der Waals surface area contributed by atoms with Crippen molar-refractivity contribution in [2.24, 2.45) is 0 Å². The summed E-state index contributed by atoms with van der Waals surface area (Å²) in [4.78, 5) is 32.5. The van der Waals surface area contributed by atoms with E-state index in [1.165, 1.54) is 32.3 Å². The largest absolute Gasteiger partial charge is 0.309 e. The number of nitrogens with zero attached hydrogens (tertiary/aromatic N) is 10. The Kier molecular flexibility index (Phi) is 14.0. The minimum atomic E-state index is 0.534. The van der Waals surface area contributed by atoms with Gasteiger partial charge in [0.2, 0.25) is 0 Å². The summed E-state index contributed by atoms with van der Waals surface area (Å²) in [6, 6.07) is 129. The van der Waals surface area contributed by atoms with E-state index >= 15 is 0 Å². The first-order chi connectivity index (χ1) is 52.6. The molecule has 0 unspecified atom stereocenters. The van der Waals surface area contributed by atoms with E-state index in [2.05, 4.69) is 309 Å². The summed E-state index contributed by atoms with van der Waals surface area (Å²) in [6.07, 6.45) is 0. The number of aromatic nitrogens is 10. The lowest BCUT2D eigenvalue weighted by molar-refractivity contribution is 1.07. The first-order valence-corrected chi connectivity index (χ1v) is 35.8. The minimum Gasteiger partial charge on any atom is -0.309 e. The van der Waals surface area contributed by atoms with Gasteiger partial charge >= 0.3 is 0 Å². The van der Waals surface area contributed by atoms with Crippen molar-refractivity contribution in [3.63, 3.8) is 0 Å². The first kappa shape index (κ1) is 60.3. The molecule has 0 aliphatic heterocycles. The van der Waals surface area contributed by atoms with Gasteiger partial charge in [0.05, 0.1) is 44.1 Å². The van der Waals surface area contributed by atoms with Crippen LogP contribution in [0.2, 0.25) is 0 Å². The van der Waals surface area contributed by atoms with Crippen molar-refractivity contribution < 1.29 is 0 Å². The second-order valence-electron chi connectivity index (χ2n) is 26.9. The van der Waals surface area contributed by atoms with Gasteiger partial charge < -0.3 is 18.3 Å². The van der Waals surface area contributed by atoms with Crippen LogP contribution in [0.1, 0.15) is 0 Å². The first-order valence-electron chi connectivity index (χ1n) is 35.8. The predicted molar refractivity (Wildman–Crippen MR) is 434 cm³/mol. The van der Waals surface area contributed by atoms with Gasteiger partial charge in [-0.25, -0.2) is 29.9 Å². The smallest absolute Gasteiger partial charge is 0.164 e. The Hall–Kier alpha value is -14.5. The molecular weight excluding hydrogens is 1290 g/mol. The Bertz CT molecular complexity index is 6510. The van der Waals surface area contributed by atoms with Crippen LogP contribution in [0, 0.1) is 0 Å². The quantitative estimate of drug-likeness (QED) is 0.121. The van der Waals surface area contributed by atoms with Crippen LogP contribution in [-0.4, -0.2) is 48.2 Å². The van der Waals surface area contributed by atoms with Gasteiger partial charge in [0.25, 0.3) is 0 Å². The molecule has 0 amide bonds. The third-order valence-electron chi connectivity index (χ3n) is 20.9. The SMILES string of the molecule is c1ccc(-c2nc(-c3ccccc3)nc(-c3cc(-n4c5ccccc5c5c4ccc4c6ccccc6n(-c6ccccc6)c45)ccc3-c3cccc(-c4ccc(-n5c6ccccc6c6c5ccc5c7ccccc7n(-c7ccccc7)c56)cc4-c4nc(-c5ccccc5)nc(-c5ccccc5)n4)c3)n2)cc1. The molecule has 494 valence electrons. The second-order valence-corrected chi connectivity index (χ2v) is 26.9. The van der Waals surface area contributed by atoms with Crippen molar-refractivity contribution >= 4 is 87.2 Å². The van der Waals surface area contributed by atoms with Crippen molar-refractivity contribution in [3.8, 4) is 113 Å². The molecule has 0 bridgehead atoms. The summed E-state index contributed by atoms with van der Waals surface area (Å²) in [7, 11) is 0. The van der Waals surface area contributed by atoms with E-state index < -0.39 is 0 Å². The number of para-hydroxylation sites is 6. The zero-order chi connectivity index (χ0) is 69.8. The fourth-order valence-electron chi connectivity index (χ4n) is 16.2. The molecule has 0 N–H and O–H groups in total. The van der Waals surface area contributed by atoms with Crippen LogP contribution in [0.3, 0.4) is 0 Å². The van der Waals surface area contributed by atoms with Crippen LogP contribution in [-0.2, 0) is 0 Å². The number of hydrogen-bond donors (Lipinski definition) is 0. The van der Waals surface area contributed by atoms with Crippen LogP contribution >= 0.6 is 0 Å². The monoisotopic (exact) mass is 1350 g/mol. The molecule has 0 fully saturated rings. The van der Waals surface area contributed by atoms with Gasteiger partial charge in [-0.05, 0) is 113 Å². The fraction of sp³-hybridized carbons (Fsp3) is 0. The lowest BCUT2D eigenvalue weighted by Gasteiger charge is -2.18. The molecule has 0 atom stereocenters. The Balaban J connectivity index is 0.810. The molecule has 0 aliphatic rings. The molecule has 10 nitrogen and oxygen atoms in total. The highest BCUT2D eigenvalue weighted by atomic mass is 15.1. The lowest BCUT2D eigenvalue weighted by atomic mass is 9.92. The summed E-state index contributed by atoms with van der Waals surface area (Å²) in [6.45, 7) is 0. The van der Waals surface area contributed by atoms with E-state index in [4.69, 9.17) is 29.9 Å². The highest BCUT2D eigenvalue weighted by molar-refractivity contribution is 6.28.